The Morgan fingerprint density at radius 3 is 2.36 bits per heavy atom. The van der Waals surface area contributed by atoms with Gasteiger partial charge in [0.05, 0.1) is 0 Å². The minimum atomic E-state index is -0.157. The van der Waals surface area contributed by atoms with Crippen LogP contribution in [0.2, 0.25) is 0 Å². The zero-order valence-electron chi connectivity index (χ0n) is 6.48. The van der Waals surface area contributed by atoms with E-state index in [-0.39, 0.29) is 12.0 Å². The molecule has 0 radical (unpaired) electrons. The lowest BCUT2D eigenvalue weighted by Gasteiger charge is -2.32. The van der Waals surface area contributed by atoms with Crippen LogP contribution in [0.25, 0.3) is 0 Å². The Kier molecular flexibility index (Phi) is 2.90. The summed E-state index contributed by atoms with van der Waals surface area (Å²) in [6, 6.07) is 0. The topological polar surface area (TPSA) is 37.3 Å². The van der Waals surface area contributed by atoms with Crippen molar-refractivity contribution < 1.29 is 9.90 Å². The van der Waals surface area contributed by atoms with Gasteiger partial charge < -0.3 is 5.11 Å². The normalized spacial score (nSPS) is 23.6. The molecule has 0 saturated heterocycles. The Morgan fingerprint density at radius 1 is 1.45 bits per heavy atom. The molecule has 0 aromatic heterocycles. The van der Waals surface area contributed by atoms with E-state index >= 15 is 0 Å². The third kappa shape index (κ3) is 1.94. The average molecular weight is 177 g/mol. The molecule has 3 heteroatoms. The van der Waals surface area contributed by atoms with Crippen LogP contribution in [0.3, 0.4) is 0 Å². The van der Waals surface area contributed by atoms with Crippen molar-refractivity contribution in [3.63, 3.8) is 0 Å². The molecule has 64 valence electrons. The number of Topliss-reactive ketones (excluding diaryl/α,β-unsaturated/α-hetero) is 1. The van der Waals surface area contributed by atoms with Crippen molar-refractivity contribution >= 4 is 17.4 Å². The molecule has 1 fully saturated rings. The molecule has 0 aliphatic heterocycles. The predicted octanol–water partition coefficient (Wildman–Crippen LogP) is 1.35. The summed E-state index contributed by atoms with van der Waals surface area (Å²) in [5.41, 5.74) is -0.157. The molecule has 1 N–H and O–H groups in total. The van der Waals surface area contributed by atoms with E-state index in [1.54, 1.807) is 0 Å². The lowest BCUT2D eigenvalue weighted by atomic mass is 9.76. The third-order valence-corrected chi connectivity index (χ3v) is 3.05. The highest BCUT2D eigenvalue weighted by atomic mass is 35.5. The van der Waals surface area contributed by atoms with Crippen molar-refractivity contribution in [1.29, 1.82) is 0 Å². The molecule has 0 spiro atoms. The smallest absolute Gasteiger partial charge is 0.132 e. The monoisotopic (exact) mass is 176 g/mol. The van der Waals surface area contributed by atoms with Gasteiger partial charge in [-0.2, -0.15) is 0 Å². The highest BCUT2D eigenvalue weighted by Gasteiger charge is 2.33. The fraction of sp³-hybridized carbons (Fsp3) is 0.875. The van der Waals surface area contributed by atoms with Gasteiger partial charge >= 0.3 is 0 Å². The van der Waals surface area contributed by atoms with Gasteiger partial charge in [0.1, 0.15) is 5.78 Å². The van der Waals surface area contributed by atoms with Crippen LogP contribution in [-0.2, 0) is 4.79 Å². The number of alkyl halides is 1. The molecule has 11 heavy (non-hydrogen) atoms. The molecule has 1 aliphatic rings. The fourth-order valence-corrected chi connectivity index (χ4v) is 1.74. The molecule has 0 bridgehead atoms. The van der Waals surface area contributed by atoms with Crippen LogP contribution in [0.4, 0.5) is 0 Å². The lowest BCUT2D eigenvalue weighted by molar-refractivity contribution is -0.122. The molecular formula is C8H13ClO2. The van der Waals surface area contributed by atoms with Crippen LogP contribution < -0.4 is 0 Å². The van der Waals surface area contributed by atoms with Crippen LogP contribution in [0, 0.1) is 5.41 Å². The molecule has 0 heterocycles. The summed E-state index contributed by atoms with van der Waals surface area (Å²) < 4.78 is 0. The van der Waals surface area contributed by atoms with Crippen LogP contribution in [0.5, 0.6) is 0 Å². The standard InChI is InChI=1S/C8H13ClO2/c9-5-8(6-10)3-1-7(11)2-4-8/h10H,1-6H2. The first-order valence-corrected chi connectivity index (χ1v) is 4.44. The van der Waals surface area contributed by atoms with Gasteiger partial charge in [-0.05, 0) is 12.8 Å². The number of carbonyl (C=O) groups excluding carboxylic acids is 1. The second kappa shape index (κ2) is 3.55. The molecule has 0 atom stereocenters. The summed E-state index contributed by atoms with van der Waals surface area (Å²) in [5.74, 6) is 0.774. The number of rotatable bonds is 2. The summed E-state index contributed by atoms with van der Waals surface area (Å²) in [7, 11) is 0. The first kappa shape index (κ1) is 9.01. The fourth-order valence-electron chi connectivity index (χ4n) is 1.39. The maximum Gasteiger partial charge on any atom is 0.132 e. The van der Waals surface area contributed by atoms with Gasteiger partial charge in [0.15, 0.2) is 0 Å². The second-order valence-corrected chi connectivity index (χ2v) is 3.60. The van der Waals surface area contributed by atoms with Gasteiger partial charge in [0, 0.05) is 30.7 Å². The molecule has 0 unspecified atom stereocenters. The average Bonchev–Trinajstić information content (AvgIpc) is 2.07. The van der Waals surface area contributed by atoms with Crippen LogP contribution in [0.15, 0.2) is 0 Å². The highest BCUT2D eigenvalue weighted by molar-refractivity contribution is 6.18. The van der Waals surface area contributed by atoms with E-state index in [2.05, 4.69) is 0 Å². The van der Waals surface area contributed by atoms with Crippen molar-refractivity contribution in [3.05, 3.63) is 0 Å². The molecular weight excluding hydrogens is 164 g/mol. The van der Waals surface area contributed by atoms with Crippen molar-refractivity contribution in [2.24, 2.45) is 5.41 Å². The molecule has 0 amide bonds. The summed E-state index contributed by atoms with van der Waals surface area (Å²) in [4.78, 5) is 10.9. The molecule has 1 rings (SSSR count). The van der Waals surface area contributed by atoms with E-state index in [9.17, 15) is 4.79 Å². The number of hydrogen-bond acceptors (Lipinski definition) is 2. The molecule has 1 aliphatic carbocycles. The Morgan fingerprint density at radius 2 is 2.00 bits per heavy atom. The molecule has 2 nitrogen and oxygen atoms in total. The lowest BCUT2D eigenvalue weighted by Crippen LogP contribution is -2.32. The minimum absolute atomic E-state index is 0.115. The van der Waals surface area contributed by atoms with E-state index in [4.69, 9.17) is 16.7 Å². The number of aliphatic hydroxyl groups is 1. The Bertz CT molecular complexity index is 140. The Hall–Kier alpha value is -0.0800. The van der Waals surface area contributed by atoms with Gasteiger partial charge in [-0.1, -0.05) is 0 Å². The first-order valence-electron chi connectivity index (χ1n) is 3.91. The van der Waals surface area contributed by atoms with Gasteiger partial charge in [-0.15, -0.1) is 11.6 Å². The van der Waals surface area contributed by atoms with Gasteiger partial charge in [-0.25, -0.2) is 0 Å². The summed E-state index contributed by atoms with van der Waals surface area (Å²) >= 11 is 5.71. The molecule has 0 aromatic carbocycles. The summed E-state index contributed by atoms with van der Waals surface area (Å²) in [5, 5.41) is 9.03. The SMILES string of the molecule is O=C1CCC(CO)(CCl)CC1. The zero-order chi connectivity index (χ0) is 8.32. The van der Waals surface area contributed by atoms with E-state index in [1.807, 2.05) is 0 Å². The van der Waals surface area contributed by atoms with Crippen molar-refractivity contribution in [2.45, 2.75) is 25.7 Å². The minimum Gasteiger partial charge on any atom is -0.396 e. The number of halogens is 1. The number of ketones is 1. The van der Waals surface area contributed by atoms with Crippen LogP contribution in [0.1, 0.15) is 25.7 Å². The van der Waals surface area contributed by atoms with Gasteiger partial charge in [0.25, 0.3) is 0 Å². The van der Waals surface area contributed by atoms with E-state index in [1.165, 1.54) is 0 Å². The number of hydrogen-bond donors (Lipinski definition) is 1. The van der Waals surface area contributed by atoms with Crippen LogP contribution in [-0.4, -0.2) is 23.4 Å². The third-order valence-electron chi connectivity index (χ3n) is 2.49. The Labute approximate surface area is 71.5 Å². The first-order chi connectivity index (χ1) is 5.22. The second-order valence-electron chi connectivity index (χ2n) is 3.33. The van der Waals surface area contributed by atoms with E-state index in [0.29, 0.717) is 24.5 Å². The maximum atomic E-state index is 10.9. The van der Waals surface area contributed by atoms with E-state index in [0.717, 1.165) is 12.8 Å². The van der Waals surface area contributed by atoms with Crippen LogP contribution >= 0.6 is 11.6 Å². The number of aliphatic hydroxyl groups excluding tert-OH is 1. The van der Waals surface area contributed by atoms with Crippen molar-refractivity contribution in [1.82, 2.24) is 0 Å². The number of carbonyl (C=O) groups is 1. The quantitative estimate of drug-likeness (QED) is 0.645. The highest BCUT2D eigenvalue weighted by Crippen LogP contribution is 2.35. The Balaban J connectivity index is 2.52. The van der Waals surface area contributed by atoms with Crippen molar-refractivity contribution in [3.8, 4) is 0 Å². The van der Waals surface area contributed by atoms with Crippen molar-refractivity contribution in [2.75, 3.05) is 12.5 Å². The maximum absolute atomic E-state index is 10.9. The largest absolute Gasteiger partial charge is 0.396 e. The van der Waals surface area contributed by atoms with E-state index < -0.39 is 0 Å². The predicted molar refractivity (Wildman–Crippen MR) is 43.7 cm³/mol. The summed E-state index contributed by atoms with van der Waals surface area (Å²) in [6.07, 6.45) is 2.69. The van der Waals surface area contributed by atoms with Gasteiger partial charge in [0.2, 0.25) is 0 Å². The van der Waals surface area contributed by atoms with Gasteiger partial charge in [-0.3, -0.25) is 4.79 Å². The zero-order valence-corrected chi connectivity index (χ0v) is 7.23. The summed E-state index contributed by atoms with van der Waals surface area (Å²) in [6.45, 7) is 0.115. The molecule has 0 aromatic rings. The molecule has 1 saturated carbocycles.